The summed E-state index contributed by atoms with van der Waals surface area (Å²) in [5.41, 5.74) is 7.57. The van der Waals surface area contributed by atoms with E-state index >= 15 is 0 Å². The van der Waals surface area contributed by atoms with Crippen molar-refractivity contribution < 1.29 is 5.11 Å². The zero-order valence-electron chi connectivity index (χ0n) is 9.52. The van der Waals surface area contributed by atoms with Crippen LogP contribution < -0.4 is 11.1 Å². The molecule has 0 saturated carbocycles. The van der Waals surface area contributed by atoms with Crippen LogP contribution in [0.1, 0.15) is 18.4 Å². The molecule has 1 atom stereocenters. The number of rotatable bonds is 3. The summed E-state index contributed by atoms with van der Waals surface area (Å²) in [6, 6.07) is 7.79. The fourth-order valence-corrected chi connectivity index (χ4v) is 2.29. The van der Waals surface area contributed by atoms with E-state index in [-0.39, 0.29) is 6.10 Å². The number of hydrogen-bond acceptors (Lipinski definition) is 3. The summed E-state index contributed by atoms with van der Waals surface area (Å²) in [5, 5.41) is 13.5. The molecule has 1 fully saturated rings. The summed E-state index contributed by atoms with van der Waals surface area (Å²) < 4.78 is 0. The minimum atomic E-state index is -0.217. The van der Waals surface area contributed by atoms with Crippen LogP contribution in [0.5, 0.6) is 0 Å². The number of anilines is 1. The van der Waals surface area contributed by atoms with Crippen molar-refractivity contribution in [2.45, 2.75) is 25.4 Å². The molecule has 3 nitrogen and oxygen atoms in total. The number of hydrogen-bond donors (Lipinski definition) is 3. The Balaban J connectivity index is 1.90. The largest absolute Gasteiger partial charge is 0.399 e. The highest BCUT2D eigenvalue weighted by atomic mass is 16.3. The lowest BCUT2D eigenvalue weighted by atomic mass is 9.88. The molecule has 1 aromatic carbocycles. The molecule has 0 aliphatic carbocycles. The van der Waals surface area contributed by atoms with Gasteiger partial charge in [-0.25, -0.2) is 0 Å². The average molecular weight is 220 g/mol. The molecule has 0 spiro atoms. The normalized spacial score (nSPS) is 19.6. The Morgan fingerprint density at radius 3 is 2.50 bits per heavy atom. The lowest BCUT2D eigenvalue weighted by molar-refractivity contribution is 0.0891. The van der Waals surface area contributed by atoms with Crippen molar-refractivity contribution in [3.63, 3.8) is 0 Å². The number of piperidine rings is 1. The molecule has 0 amide bonds. The molecule has 0 aromatic heterocycles. The van der Waals surface area contributed by atoms with Crippen molar-refractivity contribution in [3.8, 4) is 0 Å². The molecule has 1 aliphatic rings. The van der Waals surface area contributed by atoms with Gasteiger partial charge in [-0.2, -0.15) is 0 Å². The van der Waals surface area contributed by atoms with Gasteiger partial charge in [0, 0.05) is 5.69 Å². The first-order chi connectivity index (χ1) is 7.75. The zero-order valence-corrected chi connectivity index (χ0v) is 9.52. The van der Waals surface area contributed by atoms with Gasteiger partial charge in [0.25, 0.3) is 0 Å². The van der Waals surface area contributed by atoms with E-state index in [9.17, 15) is 5.11 Å². The van der Waals surface area contributed by atoms with Gasteiger partial charge < -0.3 is 16.2 Å². The average Bonchev–Trinajstić information content (AvgIpc) is 2.33. The van der Waals surface area contributed by atoms with E-state index in [0.29, 0.717) is 5.92 Å². The van der Waals surface area contributed by atoms with Gasteiger partial charge in [0.05, 0.1) is 6.10 Å². The molecule has 0 radical (unpaired) electrons. The van der Waals surface area contributed by atoms with Crippen LogP contribution in [0.3, 0.4) is 0 Å². The second-order valence-corrected chi connectivity index (χ2v) is 4.60. The molecule has 0 bridgehead atoms. The predicted molar refractivity (Wildman–Crippen MR) is 66.2 cm³/mol. The fourth-order valence-electron chi connectivity index (χ4n) is 2.29. The molecule has 3 heteroatoms. The Hall–Kier alpha value is -1.06. The SMILES string of the molecule is Nc1ccc(CC(O)C2CCNCC2)cc1. The lowest BCUT2D eigenvalue weighted by Crippen LogP contribution is -2.34. The van der Waals surface area contributed by atoms with Crippen LogP contribution in [0.4, 0.5) is 5.69 Å². The van der Waals surface area contributed by atoms with Crippen molar-refractivity contribution >= 4 is 5.69 Å². The number of nitrogen functional groups attached to an aromatic ring is 1. The van der Waals surface area contributed by atoms with Gasteiger partial charge >= 0.3 is 0 Å². The molecule has 16 heavy (non-hydrogen) atoms. The molecule has 88 valence electrons. The third-order valence-electron chi connectivity index (χ3n) is 3.35. The Morgan fingerprint density at radius 2 is 1.88 bits per heavy atom. The van der Waals surface area contributed by atoms with E-state index in [4.69, 9.17) is 5.73 Å². The molecule has 1 aliphatic heterocycles. The van der Waals surface area contributed by atoms with Crippen molar-refractivity contribution in [2.75, 3.05) is 18.8 Å². The van der Waals surface area contributed by atoms with E-state index in [0.717, 1.165) is 38.0 Å². The molecule has 4 N–H and O–H groups in total. The number of nitrogens with two attached hydrogens (primary N) is 1. The van der Waals surface area contributed by atoms with Gasteiger partial charge in [-0.15, -0.1) is 0 Å². The number of aliphatic hydroxyl groups excluding tert-OH is 1. The molecular weight excluding hydrogens is 200 g/mol. The summed E-state index contributed by atoms with van der Waals surface area (Å²) in [5.74, 6) is 0.443. The lowest BCUT2D eigenvalue weighted by Gasteiger charge is -2.27. The van der Waals surface area contributed by atoms with Crippen LogP contribution in [0.15, 0.2) is 24.3 Å². The van der Waals surface area contributed by atoms with Crippen LogP contribution >= 0.6 is 0 Å². The summed E-state index contributed by atoms with van der Waals surface area (Å²) >= 11 is 0. The van der Waals surface area contributed by atoms with Crippen molar-refractivity contribution in [2.24, 2.45) is 5.92 Å². The third kappa shape index (κ3) is 2.97. The van der Waals surface area contributed by atoms with E-state index in [2.05, 4.69) is 5.32 Å². The first-order valence-corrected chi connectivity index (χ1v) is 5.99. The molecule has 1 heterocycles. The van der Waals surface area contributed by atoms with Crippen molar-refractivity contribution in [1.29, 1.82) is 0 Å². The minimum absolute atomic E-state index is 0.217. The van der Waals surface area contributed by atoms with Gasteiger partial charge in [-0.05, 0) is 56.0 Å². The Morgan fingerprint density at radius 1 is 1.25 bits per heavy atom. The van der Waals surface area contributed by atoms with E-state index in [1.54, 1.807) is 0 Å². The molecule has 1 unspecified atom stereocenters. The van der Waals surface area contributed by atoms with E-state index in [1.807, 2.05) is 24.3 Å². The summed E-state index contributed by atoms with van der Waals surface area (Å²) in [7, 11) is 0. The van der Waals surface area contributed by atoms with Gasteiger partial charge in [0.2, 0.25) is 0 Å². The second kappa shape index (κ2) is 5.32. The highest BCUT2D eigenvalue weighted by Gasteiger charge is 2.21. The topological polar surface area (TPSA) is 58.3 Å². The Kier molecular flexibility index (Phi) is 3.80. The maximum atomic E-state index is 10.1. The quantitative estimate of drug-likeness (QED) is 0.670. The van der Waals surface area contributed by atoms with Crippen LogP contribution in [0, 0.1) is 5.92 Å². The van der Waals surface area contributed by atoms with Crippen LogP contribution in [-0.4, -0.2) is 24.3 Å². The molecule has 1 aromatic rings. The van der Waals surface area contributed by atoms with Crippen molar-refractivity contribution in [1.82, 2.24) is 5.32 Å². The first kappa shape index (κ1) is 11.4. The first-order valence-electron chi connectivity index (χ1n) is 5.99. The monoisotopic (exact) mass is 220 g/mol. The molecule has 1 saturated heterocycles. The fraction of sp³-hybridized carbons (Fsp3) is 0.538. The van der Waals surface area contributed by atoms with E-state index in [1.165, 1.54) is 5.56 Å². The maximum absolute atomic E-state index is 10.1. The van der Waals surface area contributed by atoms with Gasteiger partial charge in [-0.3, -0.25) is 0 Å². The standard InChI is InChI=1S/C13H20N2O/c14-12-3-1-10(2-4-12)9-13(16)11-5-7-15-8-6-11/h1-4,11,13,15-16H,5-9,14H2. The van der Waals surface area contributed by atoms with Crippen LogP contribution in [0.25, 0.3) is 0 Å². The third-order valence-corrected chi connectivity index (χ3v) is 3.35. The smallest absolute Gasteiger partial charge is 0.0609 e. The van der Waals surface area contributed by atoms with Gasteiger partial charge in [0.15, 0.2) is 0 Å². The van der Waals surface area contributed by atoms with Gasteiger partial charge in [0.1, 0.15) is 0 Å². The summed E-state index contributed by atoms with van der Waals surface area (Å²) in [6.45, 7) is 2.06. The number of nitrogens with one attached hydrogen (secondary N) is 1. The van der Waals surface area contributed by atoms with Crippen LogP contribution in [-0.2, 0) is 6.42 Å². The van der Waals surface area contributed by atoms with Crippen LogP contribution in [0.2, 0.25) is 0 Å². The molecule has 2 rings (SSSR count). The minimum Gasteiger partial charge on any atom is -0.399 e. The maximum Gasteiger partial charge on any atom is 0.0609 e. The molecular formula is C13H20N2O. The highest BCUT2D eigenvalue weighted by Crippen LogP contribution is 2.19. The number of benzene rings is 1. The zero-order chi connectivity index (χ0) is 11.4. The van der Waals surface area contributed by atoms with E-state index < -0.39 is 0 Å². The number of aliphatic hydroxyl groups is 1. The second-order valence-electron chi connectivity index (χ2n) is 4.60. The highest BCUT2D eigenvalue weighted by molar-refractivity contribution is 5.39. The van der Waals surface area contributed by atoms with Gasteiger partial charge in [-0.1, -0.05) is 12.1 Å². The Bertz CT molecular complexity index is 317. The summed E-state index contributed by atoms with van der Waals surface area (Å²) in [6.07, 6.45) is 2.68. The van der Waals surface area contributed by atoms with Crippen molar-refractivity contribution in [3.05, 3.63) is 29.8 Å². The Labute approximate surface area is 96.7 Å². The predicted octanol–water partition coefficient (Wildman–Crippen LogP) is 1.17. The summed E-state index contributed by atoms with van der Waals surface area (Å²) in [4.78, 5) is 0.